The van der Waals surface area contributed by atoms with Gasteiger partial charge in [0.15, 0.2) is 6.04 Å². The predicted octanol–water partition coefficient (Wildman–Crippen LogP) is 2.68. The van der Waals surface area contributed by atoms with Gasteiger partial charge in [-0.2, -0.15) is 0 Å². The average molecular weight is 424 g/mol. The molecule has 0 aliphatic carbocycles. The van der Waals surface area contributed by atoms with Crippen LogP contribution >= 0.6 is 0 Å². The molecule has 4 rings (SSSR count). The normalized spacial score (nSPS) is 16.5. The number of aryl methyl sites for hydroxylation is 2. The first kappa shape index (κ1) is 21.4. The minimum Gasteiger partial charge on any atom is -0.360 e. The molecule has 0 unspecified atom stereocenters. The third-order valence-corrected chi connectivity index (χ3v) is 6.12. The van der Waals surface area contributed by atoms with Crippen LogP contribution in [0.3, 0.4) is 0 Å². The molecule has 0 bridgehead atoms. The molecule has 1 N–H and O–H groups in total. The van der Waals surface area contributed by atoms with Gasteiger partial charge in [-0.3, -0.25) is 0 Å². The second kappa shape index (κ2) is 8.38. The summed E-state index contributed by atoms with van der Waals surface area (Å²) in [6.45, 7) is 14.1. The molecule has 6 nitrogen and oxygen atoms in total. The molecule has 0 radical (unpaired) electrons. The maximum atomic E-state index is 15.0. The fraction of sp³-hybridized carbons (Fsp3) is 0.458. The highest BCUT2D eigenvalue weighted by Crippen LogP contribution is 2.25. The van der Waals surface area contributed by atoms with E-state index in [1.165, 1.54) is 27.8 Å². The zero-order chi connectivity index (χ0) is 22.2. The Morgan fingerprint density at radius 3 is 2.42 bits per heavy atom. The summed E-state index contributed by atoms with van der Waals surface area (Å²) in [4.78, 5) is 3.73. The van der Waals surface area contributed by atoms with Gasteiger partial charge in [0.2, 0.25) is 5.82 Å². The Hall–Kier alpha value is -2.80. The first-order valence-corrected chi connectivity index (χ1v) is 11.0. The Morgan fingerprint density at radius 1 is 1.03 bits per heavy atom. The fourth-order valence-corrected chi connectivity index (χ4v) is 4.49. The van der Waals surface area contributed by atoms with E-state index in [-0.39, 0.29) is 17.4 Å². The van der Waals surface area contributed by atoms with Crippen molar-refractivity contribution in [2.75, 3.05) is 31.1 Å². The maximum Gasteiger partial charge on any atom is 0.214 e. The van der Waals surface area contributed by atoms with Gasteiger partial charge in [-0.05, 0) is 74.4 Å². The quantitative estimate of drug-likeness (QED) is 0.701. The standard InChI is InChI=1S/C24H31FN6/c1-17-10-11-18(2)21(16-17)29-12-14-30(15-13-29)22(19-8-6-7-9-20(19)25)23-26-27-28-31(23)24(3,4)5/h6-11,16,22H,12-15H2,1-5H3/p+1/t22-/m1/s1. The first-order chi connectivity index (χ1) is 14.8. The van der Waals surface area contributed by atoms with Crippen LogP contribution in [0.4, 0.5) is 10.1 Å². The minimum absolute atomic E-state index is 0.208. The van der Waals surface area contributed by atoms with Crippen LogP contribution in [-0.4, -0.2) is 46.4 Å². The molecule has 0 amide bonds. The van der Waals surface area contributed by atoms with Crippen molar-refractivity contribution >= 4 is 5.69 Å². The van der Waals surface area contributed by atoms with Crippen LogP contribution in [0.5, 0.6) is 0 Å². The molecule has 1 atom stereocenters. The number of halogens is 1. The SMILES string of the molecule is Cc1ccc(C)c(N2CC[NH+]([C@H](c3ccccc3F)c3nnnn3C(C)(C)C)CC2)c1. The van der Waals surface area contributed by atoms with Crippen LogP contribution in [0.15, 0.2) is 42.5 Å². The Morgan fingerprint density at radius 2 is 1.74 bits per heavy atom. The zero-order valence-electron chi connectivity index (χ0n) is 19.1. The summed E-state index contributed by atoms with van der Waals surface area (Å²) >= 11 is 0. The zero-order valence-corrected chi connectivity index (χ0v) is 19.1. The van der Waals surface area contributed by atoms with Gasteiger partial charge in [0.1, 0.15) is 5.82 Å². The highest BCUT2D eigenvalue weighted by molar-refractivity contribution is 5.55. The van der Waals surface area contributed by atoms with Gasteiger partial charge in [-0.1, -0.05) is 24.3 Å². The number of nitrogens with one attached hydrogen (secondary N) is 1. The largest absolute Gasteiger partial charge is 0.360 e. The molecule has 1 aliphatic heterocycles. The van der Waals surface area contributed by atoms with E-state index in [4.69, 9.17) is 0 Å². The van der Waals surface area contributed by atoms with E-state index in [0.717, 1.165) is 26.2 Å². The van der Waals surface area contributed by atoms with Crippen LogP contribution in [0.1, 0.15) is 49.3 Å². The van der Waals surface area contributed by atoms with E-state index < -0.39 is 0 Å². The number of anilines is 1. The molecular weight excluding hydrogens is 391 g/mol. The fourth-order valence-electron chi connectivity index (χ4n) is 4.49. The average Bonchev–Trinajstić information content (AvgIpc) is 3.22. The van der Waals surface area contributed by atoms with Crippen molar-refractivity contribution in [2.45, 2.75) is 46.2 Å². The Kier molecular flexibility index (Phi) is 5.79. The van der Waals surface area contributed by atoms with Crippen molar-refractivity contribution in [1.29, 1.82) is 0 Å². The van der Waals surface area contributed by atoms with Crippen molar-refractivity contribution in [3.8, 4) is 0 Å². The highest BCUT2D eigenvalue weighted by atomic mass is 19.1. The van der Waals surface area contributed by atoms with Crippen LogP contribution in [-0.2, 0) is 5.54 Å². The van der Waals surface area contributed by atoms with Crippen molar-refractivity contribution in [3.63, 3.8) is 0 Å². The van der Waals surface area contributed by atoms with Gasteiger partial charge in [0.05, 0.1) is 37.3 Å². The summed E-state index contributed by atoms with van der Waals surface area (Å²) in [5, 5.41) is 12.6. The number of rotatable bonds is 4. The molecule has 2 heterocycles. The summed E-state index contributed by atoms with van der Waals surface area (Å²) in [5.41, 5.74) is 4.21. The van der Waals surface area contributed by atoms with Crippen molar-refractivity contribution < 1.29 is 9.29 Å². The molecule has 1 saturated heterocycles. The number of aromatic nitrogens is 4. The number of hydrogen-bond acceptors (Lipinski definition) is 4. The van der Waals surface area contributed by atoms with Gasteiger partial charge in [0, 0.05) is 5.69 Å². The molecule has 1 aromatic heterocycles. The number of hydrogen-bond donors (Lipinski definition) is 1. The monoisotopic (exact) mass is 423 g/mol. The van der Waals surface area contributed by atoms with Crippen LogP contribution < -0.4 is 9.80 Å². The topological polar surface area (TPSA) is 51.3 Å². The van der Waals surface area contributed by atoms with Crippen molar-refractivity contribution in [1.82, 2.24) is 20.2 Å². The summed E-state index contributed by atoms with van der Waals surface area (Å²) in [6.07, 6.45) is 0. The van der Waals surface area contributed by atoms with Crippen molar-refractivity contribution in [3.05, 3.63) is 70.8 Å². The lowest BCUT2D eigenvalue weighted by Gasteiger charge is -2.38. The van der Waals surface area contributed by atoms with Gasteiger partial charge in [-0.25, -0.2) is 9.07 Å². The van der Waals surface area contributed by atoms with Crippen LogP contribution in [0.2, 0.25) is 0 Å². The Bertz CT molecular complexity index is 1050. The molecule has 0 spiro atoms. The number of benzene rings is 2. The Labute approximate surface area is 183 Å². The maximum absolute atomic E-state index is 15.0. The second-order valence-electron chi connectivity index (χ2n) is 9.51. The lowest BCUT2D eigenvalue weighted by molar-refractivity contribution is -0.927. The predicted molar refractivity (Wildman–Crippen MR) is 120 cm³/mol. The van der Waals surface area contributed by atoms with Gasteiger partial charge < -0.3 is 9.80 Å². The molecule has 1 aliphatic rings. The van der Waals surface area contributed by atoms with E-state index >= 15 is 0 Å². The second-order valence-corrected chi connectivity index (χ2v) is 9.51. The Balaban J connectivity index is 1.66. The van der Waals surface area contributed by atoms with Gasteiger partial charge in [0.25, 0.3) is 0 Å². The summed E-state index contributed by atoms with van der Waals surface area (Å²) in [5.74, 6) is 0.508. The van der Waals surface area contributed by atoms with Crippen LogP contribution in [0, 0.1) is 19.7 Å². The van der Waals surface area contributed by atoms with Gasteiger partial charge >= 0.3 is 0 Å². The number of tetrazole rings is 1. The molecule has 3 aromatic rings. The molecule has 164 valence electrons. The molecule has 7 heteroatoms. The lowest BCUT2D eigenvalue weighted by atomic mass is 10.0. The number of nitrogens with zero attached hydrogens (tertiary/aromatic N) is 5. The minimum atomic E-state index is -0.289. The molecular formula is C24H32FN6+. The first-order valence-electron chi connectivity index (χ1n) is 11.0. The van der Waals surface area contributed by atoms with Gasteiger partial charge in [-0.15, -0.1) is 5.10 Å². The van der Waals surface area contributed by atoms with E-state index in [9.17, 15) is 4.39 Å². The van der Waals surface area contributed by atoms with Crippen LogP contribution in [0.25, 0.3) is 0 Å². The van der Waals surface area contributed by atoms with E-state index in [2.05, 4.69) is 73.2 Å². The molecule has 1 fully saturated rings. The summed E-state index contributed by atoms with van der Waals surface area (Å²) in [6, 6.07) is 13.4. The van der Waals surface area contributed by atoms with E-state index in [1.807, 2.05) is 16.8 Å². The highest BCUT2D eigenvalue weighted by Gasteiger charge is 2.37. The smallest absolute Gasteiger partial charge is 0.214 e. The summed E-state index contributed by atoms with van der Waals surface area (Å²) in [7, 11) is 0. The molecule has 0 saturated carbocycles. The van der Waals surface area contributed by atoms with E-state index in [1.54, 1.807) is 6.07 Å². The van der Waals surface area contributed by atoms with Crippen molar-refractivity contribution in [2.24, 2.45) is 0 Å². The number of quaternary nitrogens is 1. The van der Waals surface area contributed by atoms with E-state index in [0.29, 0.717) is 11.4 Å². The third kappa shape index (κ3) is 4.32. The third-order valence-electron chi connectivity index (χ3n) is 6.12. The molecule has 31 heavy (non-hydrogen) atoms. The lowest BCUT2D eigenvalue weighted by Crippen LogP contribution is -3.15. The molecule has 2 aromatic carbocycles. The number of piperazine rings is 1. The summed E-state index contributed by atoms with van der Waals surface area (Å²) < 4.78 is 16.8.